The van der Waals surface area contributed by atoms with Crippen molar-refractivity contribution in [2.75, 3.05) is 74.7 Å². The number of piperidine rings is 1. The number of aromatic nitrogens is 5. The number of hydrogen-bond donors (Lipinski definition) is 3. The number of carbonyl (C=O) groups excluding carboxylic acids is 1. The van der Waals surface area contributed by atoms with Gasteiger partial charge in [0.2, 0.25) is 23.8 Å². The van der Waals surface area contributed by atoms with E-state index in [9.17, 15) is 4.79 Å². The van der Waals surface area contributed by atoms with Crippen LogP contribution in [0.25, 0.3) is 0 Å². The fraction of sp³-hybridized carbons (Fsp3) is 0.750. The first-order valence-electron chi connectivity index (χ1n) is 15.3. The molecule has 0 radical (unpaired) electrons. The third-order valence-electron chi connectivity index (χ3n) is 8.98. The summed E-state index contributed by atoms with van der Waals surface area (Å²) < 4.78 is 11.3. The number of H-pyrrole nitrogens is 1. The van der Waals surface area contributed by atoms with Crippen LogP contribution in [0.5, 0.6) is 0 Å². The molecule has 13 heteroatoms. The molecule has 0 spiro atoms. The minimum Gasteiger partial charge on any atom is -0.380 e. The molecule has 0 unspecified atom stereocenters. The molecule has 7 rings (SSSR count). The first kappa shape index (κ1) is 26.8. The first-order chi connectivity index (χ1) is 20.1. The molecule has 5 aliphatic rings. The second-order valence-electron chi connectivity index (χ2n) is 12.3. The molecule has 3 aliphatic heterocycles. The highest BCUT2D eigenvalue weighted by atomic mass is 16.5. The minimum absolute atomic E-state index is 0.0204. The Labute approximate surface area is 240 Å². The molecule has 1 amide bonds. The van der Waals surface area contributed by atoms with Gasteiger partial charge in [0.05, 0.1) is 19.3 Å². The maximum absolute atomic E-state index is 13.8. The summed E-state index contributed by atoms with van der Waals surface area (Å²) >= 11 is 0. The lowest BCUT2D eigenvalue weighted by Gasteiger charge is -2.34. The van der Waals surface area contributed by atoms with Crippen LogP contribution < -0.4 is 20.4 Å². The van der Waals surface area contributed by atoms with Gasteiger partial charge in [-0.2, -0.15) is 20.1 Å². The summed E-state index contributed by atoms with van der Waals surface area (Å²) in [5.74, 6) is 3.57. The van der Waals surface area contributed by atoms with E-state index in [0.717, 1.165) is 44.1 Å². The zero-order chi connectivity index (χ0) is 27.8. The van der Waals surface area contributed by atoms with E-state index in [1.807, 2.05) is 11.0 Å². The molecule has 0 aromatic carbocycles. The van der Waals surface area contributed by atoms with Crippen LogP contribution in [0.2, 0.25) is 0 Å². The number of nitrogens with zero attached hydrogens (tertiary/aromatic N) is 7. The van der Waals surface area contributed by atoms with E-state index in [2.05, 4.69) is 30.6 Å². The molecular weight excluding hydrogens is 524 g/mol. The Morgan fingerprint density at radius 3 is 2.68 bits per heavy atom. The van der Waals surface area contributed by atoms with Crippen molar-refractivity contribution in [3.63, 3.8) is 0 Å². The topological polar surface area (TPSA) is 137 Å². The number of anilines is 4. The molecule has 2 saturated carbocycles. The van der Waals surface area contributed by atoms with E-state index < -0.39 is 6.04 Å². The van der Waals surface area contributed by atoms with Gasteiger partial charge in [-0.15, -0.1) is 0 Å². The van der Waals surface area contributed by atoms with Crippen LogP contribution in [0.3, 0.4) is 0 Å². The second-order valence-corrected chi connectivity index (χ2v) is 12.3. The highest BCUT2D eigenvalue weighted by Crippen LogP contribution is 2.39. The number of ether oxygens (including phenoxy) is 2. The molecule has 3 atom stereocenters. The van der Waals surface area contributed by atoms with Gasteiger partial charge in [0.15, 0.2) is 5.82 Å². The van der Waals surface area contributed by atoms with Gasteiger partial charge in [-0.3, -0.25) is 9.89 Å². The average molecular weight is 567 g/mol. The van der Waals surface area contributed by atoms with Crippen LogP contribution in [-0.4, -0.2) is 114 Å². The van der Waals surface area contributed by atoms with E-state index in [0.29, 0.717) is 68.8 Å². The SMILES string of the molecule is CO[C@H]1C[C@@H](C(=O)N[C@@H]2CCCN(CC3CC3)C2)N(c2nc(Nc3cc(C4CC4)[nH]n3)nc(N3CCOCC3)n2)C1. The number of hydrogen-bond acceptors (Lipinski definition) is 11. The molecule has 13 nitrogen and oxygen atoms in total. The van der Waals surface area contributed by atoms with E-state index in [1.54, 1.807) is 7.11 Å². The fourth-order valence-corrected chi connectivity index (χ4v) is 6.30. The second kappa shape index (κ2) is 11.7. The zero-order valence-electron chi connectivity index (χ0n) is 23.9. The van der Waals surface area contributed by atoms with Crippen molar-refractivity contribution in [2.45, 2.75) is 69.1 Å². The molecule has 2 aromatic rings. The summed E-state index contributed by atoms with van der Waals surface area (Å²) in [5.41, 5.74) is 1.13. The molecule has 0 bridgehead atoms. The van der Waals surface area contributed by atoms with Crippen LogP contribution in [0.1, 0.15) is 56.6 Å². The third kappa shape index (κ3) is 6.41. The average Bonchev–Trinajstić information content (AvgIpc) is 3.92. The van der Waals surface area contributed by atoms with Crippen LogP contribution >= 0.6 is 0 Å². The summed E-state index contributed by atoms with van der Waals surface area (Å²) in [5, 5.41) is 14.2. The maximum Gasteiger partial charge on any atom is 0.243 e. The third-order valence-corrected chi connectivity index (χ3v) is 8.98. The Kier molecular flexibility index (Phi) is 7.65. The van der Waals surface area contributed by atoms with Gasteiger partial charge in [-0.1, -0.05) is 0 Å². The van der Waals surface area contributed by atoms with Crippen molar-refractivity contribution in [2.24, 2.45) is 5.92 Å². The Bertz CT molecular complexity index is 1210. The number of likely N-dealkylation sites (tertiary alicyclic amines) is 1. The smallest absolute Gasteiger partial charge is 0.243 e. The normalized spacial score (nSPS) is 27.3. The van der Waals surface area contributed by atoms with Crippen molar-refractivity contribution in [3.05, 3.63) is 11.8 Å². The lowest BCUT2D eigenvalue weighted by molar-refractivity contribution is -0.123. The minimum atomic E-state index is -0.418. The van der Waals surface area contributed by atoms with Gasteiger partial charge in [0, 0.05) is 70.0 Å². The van der Waals surface area contributed by atoms with Gasteiger partial charge < -0.3 is 34.8 Å². The van der Waals surface area contributed by atoms with Crippen molar-refractivity contribution in [1.29, 1.82) is 0 Å². The van der Waals surface area contributed by atoms with Crippen molar-refractivity contribution >= 4 is 29.6 Å². The summed E-state index contributed by atoms with van der Waals surface area (Å²) in [6.07, 6.45) is 7.71. The Balaban J connectivity index is 1.12. The number of rotatable bonds is 10. The van der Waals surface area contributed by atoms with Gasteiger partial charge in [0.1, 0.15) is 6.04 Å². The standard InChI is InChI=1S/C28H42N10O3/c1-40-21-13-23(25(39)29-20-3-2-8-36(16-20)15-18-4-5-18)38(17-21)28-32-26(30-24-14-22(34-35-24)19-6-7-19)31-27(33-28)37-9-11-41-12-10-37/h14,18-21,23H,2-13,15-17H2,1H3,(H,29,39)(H2,30,31,32,33,34,35)/t20-,21+,23+/m1/s1. The molecule has 3 N–H and O–H groups in total. The molecule has 222 valence electrons. The van der Waals surface area contributed by atoms with Crippen molar-refractivity contribution in [1.82, 2.24) is 35.4 Å². The quantitative estimate of drug-likeness (QED) is 0.387. The van der Waals surface area contributed by atoms with E-state index in [4.69, 9.17) is 24.4 Å². The van der Waals surface area contributed by atoms with E-state index >= 15 is 0 Å². The number of carbonyl (C=O) groups is 1. The lowest BCUT2D eigenvalue weighted by Crippen LogP contribution is -2.53. The van der Waals surface area contributed by atoms with Gasteiger partial charge in [-0.25, -0.2) is 0 Å². The maximum atomic E-state index is 13.8. The van der Waals surface area contributed by atoms with Crippen LogP contribution in [0.4, 0.5) is 23.7 Å². The van der Waals surface area contributed by atoms with Gasteiger partial charge >= 0.3 is 0 Å². The fourth-order valence-electron chi connectivity index (χ4n) is 6.30. The van der Waals surface area contributed by atoms with Gasteiger partial charge in [-0.05, 0) is 51.0 Å². The van der Waals surface area contributed by atoms with E-state index in [1.165, 1.54) is 25.7 Å². The number of amides is 1. The van der Waals surface area contributed by atoms with Crippen molar-refractivity contribution < 1.29 is 14.3 Å². The van der Waals surface area contributed by atoms with Crippen molar-refractivity contribution in [3.8, 4) is 0 Å². The van der Waals surface area contributed by atoms with E-state index in [-0.39, 0.29) is 18.1 Å². The molecule has 41 heavy (non-hydrogen) atoms. The summed E-state index contributed by atoms with van der Waals surface area (Å²) in [4.78, 5) is 34.9. The molecular formula is C28H42N10O3. The van der Waals surface area contributed by atoms with Crippen LogP contribution in [0.15, 0.2) is 6.07 Å². The molecule has 3 saturated heterocycles. The Morgan fingerprint density at radius 1 is 1.07 bits per heavy atom. The number of aromatic amines is 1. The first-order valence-corrected chi connectivity index (χ1v) is 15.3. The Morgan fingerprint density at radius 2 is 1.90 bits per heavy atom. The number of nitrogens with one attached hydrogen (secondary N) is 3. The summed E-state index contributed by atoms with van der Waals surface area (Å²) in [7, 11) is 1.70. The van der Waals surface area contributed by atoms with Gasteiger partial charge in [0.25, 0.3) is 0 Å². The number of morpholine rings is 1. The summed E-state index contributed by atoms with van der Waals surface area (Å²) in [6, 6.07) is 1.77. The monoisotopic (exact) mass is 566 g/mol. The summed E-state index contributed by atoms with van der Waals surface area (Å²) in [6.45, 7) is 6.39. The molecule has 5 heterocycles. The molecule has 2 aromatic heterocycles. The zero-order valence-corrected chi connectivity index (χ0v) is 23.9. The Hall–Kier alpha value is -3.03. The van der Waals surface area contributed by atoms with Crippen LogP contribution in [0, 0.1) is 5.92 Å². The van der Waals surface area contributed by atoms with Crippen LogP contribution in [-0.2, 0) is 14.3 Å². The number of methoxy groups -OCH3 is 1. The molecule has 5 fully saturated rings. The largest absolute Gasteiger partial charge is 0.380 e. The lowest BCUT2D eigenvalue weighted by atomic mass is 10.0. The highest BCUT2D eigenvalue weighted by Gasteiger charge is 2.40. The molecule has 2 aliphatic carbocycles. The predicted octanol–water partition coefficient (Wildman–Crippen LogP) is 1.64. The predicted molar refractivity (Wildman–Crippen MR) is 154 cm³/mol. The highest BCUT2D eigenvalue weighted by molar-refractivity contribution is 5.86.